The number of nitrogens with two attached hydrogens (primary N) is 1. The first-order chi connectivity index (χ1) is 8.99. The lowest BCUT2D eigenvalue weighted by molar-refractivity contribution is -0.146. The second kappa shape index (κ2) is 5.06. The molecule has 98 valence electrons. The Morgan fingerprint density at radius 2 is 2.00 bits per heavy atom. The van der Waals surface area contributed by atoms with Gasteiger partial charge < -0.3 is 10.5 Å². The fourth-order valence-electron chi connectivity index (χ4n) is 1.87. The molecule has 19 heavy (non-hydrogen) atoms. The number of carbonyl (C=O) groups is 2. The van der Waals surface area contributed by atoms with Gasteiger partial charge in [-0.2, -0.15) is 0 Å². The van der Waals surface area contributed by atoms with Crippen molar-refractivity contribution in [1.29, 1.82) is 0 Å². The molecule has 1 aromatic rings. The third-order valence-electron chi connectivity index (χ3n) is 2.78. The lowest BCUT2D eigenvalue weighted by atomic mass is 9.96. The number of anilines is 1. The van der Waals surface area contributed by atoms with Crippen LogP contribution in [0.5, 0.6) is 0 Å². The summed E-state index contributed by atoms with van der Waals surface area (Å²) in [4.78, 5) is 27.8. The van der Waals surface area contributed by atoms with E-state index >= 15 is 0 Å². The first-order valence-corrected chi connectivity index (χ1v) is 5.82. The number of hydrogen-bond donors (Lipinski definition) is 1. The summed E-state index contributed by atoms with van der Waals surface area (Å²) in [7, 11) is 0. The molecule has 0 radical (unpaired) electrons. The van der Waals surface area contributed by atoms with Gasteiger partial charge in [-0.25, -0.2) is 0 Å². The number of cyclic esters (lactones) is 1. The number of rotatable bonds is 2. The molecule has 1 heterocycles. The van der Waals surface area contributed by atoms with Gasteiger partial charge in [-0.3, -0.25) is 14.6 Å². The van der Waals surface area contributed by atoms with Crippen LogP contribution in [0.15, 0.2) is 41.1 Å². The first kappa shape index (κ1) is 13.0. The topological polar surface area (TPSA) is 81.8 Å². The average molecular weight is 258 g/mol. The summed E-state index contributed by atoms with van der Waals surface area (Å²) in [5, 5.41) is 0. The number of ether oxygens (including phenoxy) is 1. The quantitative estimate of drug-likeness (QED) is 0.381. The van der Waals surface area contributed by atoms with Crippen molar-refractivity contribution in [1.82, 2.24) is 0 Å². The number of aliphatic imine (C=N–C) groups is 1. The summed E-state index contributed by atoms with van der Waals surface area (Å²) in [6.07, 6.45) is 1.30. The molecule has 0 bridgehead atoms. The van der Waals surface area contributed by atoms with E-state index in [2.05, 4.69) is 4.99 Å². The van der Waals surface area contributed by atoms with E-state index < -0.39 is 11.9 Å². The van der Waals surface area contributed by atoms with Crippen molar-refractivity contribution < 1.29 is 14.3 Å². The van der Waals surface area contributed by atoms with E-state index in [1.165, 1.54) is 6.08 Å². The molecule has 0 aromatic heterocycles. The summed E-state index contributed by atoms with van der Waals surface area (Å²) in [6, 6.07) is 7.00. The van der Waals surface area contributed by atoms with Gasteiger partial charge in [-0.15, -0.1) is 0 Å². The van der Waals surface area contributed by atoms with E-state index in [9.17, 15) is 9.59 Å². The van der Waals surface area contributed by atoms with E-state index in [0.29, 0.717) is 22.8 Å². The summed E-state index contributed by atoms with van der Waals surface area (Å²) in [5.41, 5.74) is 7.17. The number of para-hydroxylation sites is 2. The van der Waals surface area contributed by atoms with Crippen LogP contribution >= 0.6 is 0 Å². The molecule has 0 unspecified atom stereocenters. The van der Waals surface area contributed by atoms with Crippen molar-refractivity contribution in [2.45, 2.75) is 13.8 Å². The molecule has 0 saturated carbocycles. The highest BCUT2D eigenvalue weighted by Crippen LogP contribution is 2.24. The van der Waals surface area contributed by atoms with Crippen molar-refractivity contribution in [3.05, 3.63) is 36.1 Å². The zero-order valence-electron chi connectivity index (χ0n) is 10.7. The standard InChI is InChI=1S/C14H14N2O3/c1-8-7-12(17)13(14(18)19-8)9(2)16-11-6-4-3-5-10(11)15/h3-7,13H,15H2,1-2H3/t13-/m1/s1. The van der Waals surface area contributed by atoms with Gasteiger partial charge in [0, 0.05) is 11.8 Å². The van der Waals surface area contributed by atoms with Gasteiger partial charge in [0.15, 0.2) is 11.7 Å². The van der Waals surface area contributed by atoms with Gasteiger partial charge in [0.25, 0.3) is 0 Å². The summed E-state index contributed by atoms with van der Waals surface area (Å²) in [6.45, 7) is 3.18. The minimum Gasteiger partial charge on any atom is -0.430 e. The Kier molecular flexibility index (Phi) is 3.46. The highest BCUT2D eigenvalue weighted by molar-refractivity contribution is 6.23. The van der Waals surface area contributed by atoms with Gasteiger partial charge >= 0.3 is 5.97 Å². The van der Waals surface area contributed by atoms with E-state index in [4.69, 9.17) is 10.5 Å². The normalized spacial score (nSPS) is 20.0. The predicted octanol–water partition coefficient (Wildman–Crippen LogP) is 2.01. The molecule has 1 aliphatic rings. The maximum atomic E-state index is 11.8. The number of hydrogen-bond acceptors (Lipinski definition) is 5. The highest BCUT2D eigenvalue weighted by atomic mass is 16.5. The molecule has 5 heteroatoms. The van der Waals surface area contributed by atoms with Gasteiger partial charge in [-0.05, 0) is 26.0 Å². The third-order valence-corrected chi connectivity index (χ3v) is 2.78. The number of esters is 1. The molecule has 2 N–H and O–H groups in total. The molecule has 0 fully saturated rings. The van der Waals surface area contributed by atoms with Crippen molar-refractivity contribution >= 4 is 28.8 Å². The van der Waals surface area contributed by atoms with Gasteiger partial charge in [0.05, 0.1) is 11.4 Å². The van der Waals surface area contributed by atoms with Crippen molar-refractivity contribution in [2.75, 3.05) is 5.73 Å². The summed E-state index contributed by atoms with van der Waals surface area (Å²) < 4.78 is 4.95. The van der Waals surface area contributed by atoms with Gasteiger partial charge in [-0.1, -0.05) is 12.1 Å². The Morgan fingerprint density at radius 3 is 2.63 bits per heavy atom. The van der Waals surface area contributed by atoms with Crippen LogP contribution in [0.1, 0.15) is 13.8 Å². The molecule has 1 aliphatic heterocycles. The third kappa shape index (κ3) is 2.70. The van der Waals surface area contributed by atoms with Crippen LogP contribution in [0.4, 0.5) is 11.4 Å². The second-order valence-electron chi connectivity index (χ2n) is 4.32. The largest absolute Gasteiger partial charge is 0.430 e. The highest BCUT2D eigenvalue weighted by Gasteiger charge is 2.33. The van der Waals surface area contributed by atoms with E-state index in [0.717, 1.165) is 0 Å². The lowest BCUT2D eigenvalue weighted by Gasteiger charge is -2.18. The zero-order valence-corrected chi connectivity index (χ0v) is 10.7. The van der Waals surface area contributed by atoms with Gasteiger partial charge in [0.1, 0.15) is 5.76 Å². The maximum absolute atomic E-state index is 11.8. The molecule has 1 atom stereocenters. The van der Waals surface area contributed by atoms with Crippen LogP contribution < -0.4 is 5.73 Å². The summed E-state index contributed by atoms with van der Waals surface area (Å²) in [5.74, 6) is -1.59. The SMILES string of the molecule is CC1=CC(=O)[C@@H](C(C)=Nc2ccccc2N)C(=O)O1. The number of carbonyl (C=O) groups excluding carboxylic acids is 2. The zero-order chi connectivity index (χ0) is 14.0. The monoisotopic (exact) mass is 258 g/mol. The summed E-state index contributed by atoms with van der Waals surface area (Å²) >= 11 is 0. The minimum atomic E-state index is -0.983. The number of allylic oxidation sites excluding steroid dienone is 2. The molecule has 0 saturated heterocycles. The Balaban J connectivity index is 2.34. The van der Waals surface area contributed by atoms with Crippen LogP contribution in [-0.2, 0) is 14.3 Å². The molecule has 0 spiro atoms. The fraction of sp³-hybridized carbons (Fsp3) is 0.214. The first-order valence-electron chi connectivity index (χ1n) is 5.82. The molecular formula is C14H14N2O3. The average Bonchev–Trinajstić information content (AvgIpc) is 2.30. The Labute approximate surface area is 110 Å². The number of ketones is 1. The number of nitrogens with zero attached hydrogens (tertiary/aromatic N) is 1. The number of nitrogen functional groups attached to an aromatic ring is 1. The molecular weight excluding hydrogens is 244 g/mol. The van der Waals surface area contributed by atoms with Crippen LogP contribution in [0.2, 0.25) is 0 Å². The smallest absolute Gasteiger partial charge is 0.327 e. The molecule has 1 aromatic carbocycles. The van der Waals surface area contributed by atoms with Crippen molar-refractivity contribution in [2.24, 2.45) is 10.9 Å². The Bertz CT molecular complexity index is 602. The van der Waals surface area contributed by atoms with Gasteiger partial charge in [0.2, 0.25) is 0 Å². The van der Waals surface area contributed by atoms with Crippen LogP contribution in [0, 0.1) is 5.92 Å². The Morgan fingerprint density at radius 1 is 1.32 bits per heavy atom. The minimum absolute atomic E-state index is 0.304. The van der Waals surface area contributed by atoms with Crippen LogP contribution in [0.3, 0.4) is 0 Å². The fourth-order valence-corrected chi connectivity index (χ4v) is 1.87. The lowest BCUT2D eigenvalue weighted by Crippen LogP contribution is -2.34. The predicted molar refractivity (Wildman–Crippen MR) is 72.0 cm³/mol. The van der Waals surface area contributed by atoms with Crippen molar-refractivity contribution in [3.8, 4) is 0 Å². The second-order valence-corrected chi connectivity index (χ2v) is 4.32. The molecule has 2 rings (SSSR count). The maximum Gasteiger partial charge on any atom is 0.327 e. The molecule has 0 amide bonds. The van der Waals surface area contributed by atoms with E-state index in [1.807, 2.05) is 0 Å². The number of benzene rings is 1. The molecule has 0 aliphatic carbocycles. The van der Waals surface area contributed by atoms with Crippen LogP contribution in [-0.4, -0.2) is 17.5 Å². The van der Waals surface area contributed by atoms with Crippen LogP contribution in [0.25, 0.3) is 0 Å². The van der Waals surface area contributed by atoms with Crippen molar-refractivity contribution in [3.63, 3.8) is 0 Å². The Hall–Kier alpha value is -2.43. The molecule has 5 nitrogen and oxygen atoms in total. The van der Waals surface area contributed by atoms with E-state index in [1.54, 1.807) is 38.1 Å². The van der Waals surface area contributed by atoms with E-state index in [-0.39, 0.29) is 5.78 Å².